The summed E-state index contributed by atoms with van der Waals surface area (Å²) < 4.78 is 0. The van der Waals surface area contributed by atoms with Gasteiger partial charge in [0.1, 0.15) is 36.5 Å². The van der Waals surface area contributed by atoms with E-state index in [0.717, 1.165) is 0 Å². The predicted octanol–water partition coefficient (Wildman–Crippen LogP) is -6.48. The Morgan fingerprint density at radius 2 is 0.739 bits per heavy atom. The molecule has 0 spiro atoms. The molecule has 0 aromatic heterocycles. The van der Waals surface area contributed by atoms with E-state index in [1.165, 1.54) is 41.5 Å². The van der Waals surface area contributed by atoms with Gasteiger partial charge >= 0.3 is 0 Å². The molecule has 0 aromatic rings. The van der Waals surface area contributed by atoms with Gasteiger partial charge in [0, 0.05) is 0 Å². The van der Waals surface area contributed by atoms with Crippen molar-refractivity contribution in [3.05, 3.63) is 0 Å². The number of carbonyl (C=O) groups excluding carboxylic acids is 10. The van der Waals surface area contributed by atoms with Gasteiger partial charge < -0.3 is 58.4 Å². The number of hydrogen-bond acceptors (Lipinski definition) is 11. The lowest BCUT2D eigenvalue weighted by Crippen LogP contribution is -2.57. The van der Waals surface area contributed by atoms with Crippen LogP contribution in [-0.2, 0) is 47.9 Å². The SMILES string of the molecule is C[C@H](NC(=O)CNC(=O)CNC(=O)CNC(=O)CN)C(=O)N[C@@H](C)C(=O)N[C@@H](C)C(=O)N[C@@H](C)C(=O)N[C@@H](C)C(=O)N[C@@H](C)C=O. The van der Waals surface area contributed by atoms with E-state index >= 15 is 0 Å². The van der Waals surface area contributed by atoms with Crippen molar-refractivity contribution < 1.29 is 47.9 Å². The fourth-order valence-corrected chi connectivity index (χ4v) is 3.09. The second kappa shape index (κ2) is 20.7. The van der Waals surface area contributed by atoms with Crippen LogP contribution in [0.5, 0.6) is 0 Å². The molecule has 0 rings (SSSR count). The van der Waals surface area contributed by atoms with Gasteiger partial charge in [0.15, 0.2) is 0 Å². The first-order chi connectivity index (χ1) is 21.4. The number of nitrogens with two attached hydrogens (primary N) is 1. The zero-order chi connectivity index (χ0) is 35.6. The van der Waals surface area contributed by atoms with Gasteiger partial charge in [-0.1, -0.05) is 0 Å². The Hall–Kier alpha value is -5.14. The number of aldehydes is 1. The third-order valence-electron chi connectivity index (χ3n) is 5.88. The summed E-state index contributed by atoms with van der Waals surface area (Å²) in [6.45, 7) is 6.51. The molecule has 6 atom stereocenters. The van der Waals surface area contributed by atoms with Crippen molar-refractivity contribution in [2.75, 3.05) is 26.2 Å². The van der Waals surface area contributed by atoms with Gasteiger partial charge in [-0.2, -0.15) is 0 Å². The summed E-state index contributed by atoms with van der Waals surface area (Å²) in [6, 6.07) is -6.24. The zero-order valence-electron chi connectivity index (χ0n) is 26.5. The second-order valence-corrected chi connectivity index (χ2v) is 10.2. The summed E-state index contributed by atoms with van der Waals surface area (Å²) in [5.41, 5.74) is 5.09. The first-order valence-corrected chi connectivity index (χ1v) is 14.2. The van der Waals surface area contributed by atoms with E-state index in [-0.39, 0.29) is 13.1 Å². The van der Waals surface area contributed by atoms with Crippen LogP contribution in [-0.4, -0.2) is 122 Å². The van der Waals surface area contributed by atoms with Gasteiger partial charge in [-0.25, -0.2) is 0 Å². The van der Waals surface area contributed by atoms with Gasteiger partial charge in [-0.15, -0.1) is 0 Å². The van der Waals surface area contributed by atoms with Gasteiger partial charge in [-0.3, -0.25) is 43.2 Å². The maximum atomic E-state index is 12.5. The summed E-state index contributed by atoms with van der Waals surface area (Å²) in [4.78, 5) is 119. The third kappa shape index (κ3) is 16.6. The fourth-order valence-electron chi connectivity index (χ4n) is 3.09. The Kier molecular flexibility index (Phi) is 18.4. The van der Waals surface area contributed by atoms with Crippen molar-refractivity contribution in [3.63, 3.8) is 0 Å². The normalized spacial score (nSPS) is 14.2. The molecule has 0 aliphatic heterocycles. The molecule has 20 heteroatoms. The molecular weight excluding hydrogens is 612 g/mol. The largest absolute Gasteiger partial charge is 0.346 e. The Labute approximate surface area is 265 Å². The molecule has 0 saturated heterocycles. The van der Waals surface area contributed by atoms with Crippen molar-refractivity contribution in [1.82, 2.24) is 47.9 Å². The van der Waals surface area contributed by atoms with Crippen LogP contribution >= 0.6 is 0 Å². The van der Waals surface area contributed by atoms with Crippen LogP contribution in [0, 0.1) is 0 Å². The highest BCUT2D eigenvalue weighted by Gasteiger charge is 2.26. The minimum atomic E-state index is -1.14. The Morgan fingerprint density at radius 1 is 0.457 bits per heavy atom. The molecule has 0 aromatic carbocycles. The number of amides is 9. The highest BCUT2D eigenvalue weighted by atomic mass is 16.2. The molecule has 20 nitrogen and oxygen atoms in total. The predicted molar refractivity (Wildman–Crippen MR) is 160 cm³/mol. The summed E-state index contributed by atoms with van der Waals surface area (Å²) in [6.07, 6.45) is 0.520. The standard InChI is InChI=1S/C26H44N10O10/c1-12(11-37)31-22(42)14(3)33-24(44)16(5)35-26(46)17(6)36-25(45)15(4)34-23(43)13(2)32-21(41)10-30-20(40)9-29-19(39)8-28-18(38)7-27/h11-17H,7-10,27H2,1-6H3,(H,28,38)(H,29,39)(H,30,40)(H,31,42)(H,32,41)(H,33,44)(H,34,43)(H,35,46)(H,36,45)/t12-,13-,14-,15-,16-,17-/m0/s1. The van der Waals surface area contributed by atoms with E-state index in [1.807, 2.05) is 0 Å². The van der Waals surface area contributed by atoms with Crippen LogP contribution in [0.2, 0.25) is 0 Å². The molecule has 9 amide bonds. The monoisotopic (exact) mass is 656 g/mol. The lowest BCUT2D eigenvalue weighted by Gasteiger charge is -2.22. The summed E-state index contributed by atoms with van der Waals surface area (Å²) in [7, 11) is 0. The summed E-state index contributed by atoms with van der Waals surface area (Å²) in [5, 5.41) is 20.9. The highest BCUT2D eigenvalue weighted by Crippen LogP contribution is 1.94. The smallest absolute Gasteiger partial charge is 0.242 e. The lowest BCUT2D eigenvalue weighted by atomic mass is 10.2. The number of rotatable bonds is 19. The summed E-state index contributed by atoms with van der Waals surface area (Å²) in [5.74, 6) is -6.21. The maximum absolute atomic E-state index is 12.5. The van der Waals surface area contributed by atoms with Crippen LogP contribution in [0.1, 0.15) is 41.5 Å². The Bertz CT molecular complexity index is 1160. The van der Waals surface area contributed by atoms with E-state index in [9.17, 15) is 47.9 Å². The summed E-state index contributed by atoms with van der Waals surface area (Å²) >= 11 is 0. The molecule has 0 fully saturated rings. The first-order valence-electron chi connectivity index (χ1n) is 14.2. The highest BCUT2D eigenvalue weighted by molar-refractivity contribution is 5.96. The lowest BCUT2D eigenvalue weighted by molar-refractivity contribution is -0.134. The molecule has 0 heterocycles. The van der Waals surface area contributed by atoms with E-state index in [2.05, 4.69) is 47.9 Å². The first kappa shape index (κ1) is 40.9. The second-order valence-electron chi connectivity index (χ2n) is 10.2. The van der Waals surface area contributed by atoms with E-state index in [1.54, 1.807) is 0 Å². The van der Waals surface area contributed by atoms with Gasteiger partial charge in [0.2, 0.25) is 53.2 Å². The van der Waals surface area contributed by atoms with Crippen LogP contribution in [0.3, 0.4) is 0 Å². The molecule has 0 saturated carbocycles. The third-order valence-corrected chi connectivity index (χ3v) is 5.88. The molecule has 258 valence electrons. The van der Waals surface area contributed by atoms with Crippen LogP contribution in [0.25, 0.3) is 0 Å². The average molecular weight is 657 g/mol. The minimum absolute atomic E-state index is 0.303. The van der Waals surface area contributed by atoms with E-state index < -0.39 is 103 Å². The van der Waals surface area contributed by atoms with Crippen molar-refractivity contribution in [2.24, 2.45) is 5.73 Å². The van der Waals surface area contributed by atoms with Crippen molar-refractivity contribution in [1.29, 1.82) is 0 Å². The van der Waals surface area contributed by atoms with Crippen molar-refractivity contribution in [2.45, 2.75) is 77.8 Å². The molecule has 0 unspecified atom stereocenters. The van der Waals surface area contributed by atoms with Crippen LogP contribution < -0.4 is 53.6 Å². The van der Waals surface area contributed by atoms with Gasteiger partial charge in [-0.05, 0) is 41.5 Å². The van der Waals surface area contributed by atoms with Gasteiger partial charge in [0.25, 0.3) is 0 Å². The molecule has 0 bridgehead atoms. The molecule has 0 aliphatic carbocycles. The van der Waals surface area contributed by atoms with Gasteiger partial charge in [0.05, 0.1) is 32.2 Å². The fraction of sp³-hybridized carbons (Fsp3) is 0.615. The van der Waals surface area contributed by atoms with E-state index in [4.69, 9.17) is 5.73 Å². The van der Waals surface area contributed by atoms with Crippen molar-refractivity contribution in [3.8, 4) is 0 Å². The zero-order valence-corrected chi connectivity index (χ0v) is 26.5. The number of carbonyl (C=O) groups is 10. The number of nitrogens with one attached hydrogen (secondary N) is 9. The minimum Gasteiger partial charge on any atom is -0.346 e. The van der Waals surface area contributed by atoms with Crippen LogP contribution in [0.15, 0.2) is 0 Å². The number of hydrogen-bond donors (Lipinski definition) is 10. The average Bonchev–Trinajstić information content (AvgIpc) is 3.00. The molecule has 46 heavy (non-hydrogen) atoms. The Balaban J connectivity index is 4.58. The molecule has 0 radical (unpaired) electrons. The van der Waals surface area contributed by atoms with Crippen LogP contribution in [0.4, 0.5) is 0 Å². The van der Waals surface area contributed by atoms with Crippen molar-refractivity contribution >= 4 is 59.5 Å². The topological polar surface area (TPSA) is 305 Å². The molecular formula is C26H44N10O10. The Morgan fingerprint density at radius 3 is 1.07 bits per heavy atom. The maximum Gasteiger partial charge on any atom is 0.242 e. The molecule has 0 aliphatic rings. The quantitative estimate of drug-likeness (QED) is 0.0583. The molecule has 11 N–H and O–H groups in total. The van der Waals surface area contributed by atoms with E-state index in [0.29, 0.717) is 6.29 Å².